The van der Waals surface area contributed by atoms with E-state index in [0.717, 1.165) is 11.1 Å². The first kappa shape index (κ1) is 17.3. The molecular formula is C18H20N2O4. The number of benzene rings is 2. The molecule has 0 heterocycles. The van der Waals surface area contributed by atoms with Crippen LogP contribution in [0, 0.1) is 13.8 Å². The van der Waals surface area contributed by atoms with Gasteiger partial charge in [0, 0.05) is 17.4 Å². The van der Waals surface area contributed by atoms with E-state index in [4.69, 9.17) is 9.47 Å². The summed E-state index contributed by atoms with van der Waals surface area (Å²) < 4.78 is 10.3. The van der Waals surface area contributed by atoms with Crippen LogP contribution in [-0.4, -0.2) is 26.0 Å². The maximum Gasteiger partial charge on any atom is 0.314 e. The molecule has 126 valence electrons. The minimum Gasteiger partial charge on any atom is -0.493 e. The number of anilines is 2. The second kappa shape index (κ2) is 7.50. The molecule has 2 N–H and O–H groups in total. The molecule has 2 aromatic rings. The molecule has 24 heavy (non-hydrogen) atoms. The van der Waals surface area contributed by atoms with Gasteiger partial charge in [-0.05, 0) is 37.1 Å². The second-order valence-electron chi connectivity index (χ2n) is 5.24. The molecule has 0 aliphatic heterocycles. The van der Waals surface area contributed by atoms with Gasteiger partial charge >= 0.3 is 11.8 Å². The van der Waals surface area contributed by atoms with Crippen molar-refractivity contribution in [1.29, 1.82) is 0 Å². The molecule has 0 saturated carbocycles. The molecule has 0 unspecified atom stereocenters. The number of hydrogen-bond acceptors (Lipinski definition) is 4. The highest BCUT2D eigenvalue weighted by Gasteiger charge is 2.17. The van der Waals surface area contributed by atoms with E-state index in [9.17, 15) is 9.59 Å². The Balaban J connectivity index is 2.11. The monoisotopic (exact) mass is 328 g/mol. The van der Waals surface area contributed by atoms with Crippen molar-refractivity contribution in [1.82, 2.24) is 0 Å². The topological polar surface area (TPSA) is 76.7 Å². The number of nitrogens with one attached hydrogen (secondary N) is 2. The Kier molecular flexibility index (Phi) is 5.42. The Hall–Kier alpha value is -3.02. The quantitative estimate of drug-likeness (QED) is 0.846. The Morgan fingerprint density at radius 3 is 2.00 bits per heavy atom. The van der Waals surface area contributed by atoms with Gasteiger partial charge in [0.25, 0.3) is 0 Å². The molecule has 0 saturated heterocycles. The molecule has 0 spiro atoms. The van der Waals surface area contributed by atoms with Crippen LogP contribution in [-0.2, 0) is 9.59 Å². The third-order valence-electron chi connectivity index (χ3n) is 3.57. The highest BCUT2D eigenvalue weighted by molar-refractivity contribution is 6.43. The van der Waals surface area contributed by atoms with Crippen molar-refractivity contribution in [3.05, 3.63) is 47.5 Å². The number of hydrogen-bond donors (Lipinski definition) is 2. The number of para-hydroxylation sites is 1. The van der Waals surface area contributed by atoms with Crippen LogP contribution in [0.5, 0.6) is 11.5 Å². The first-order valence-corrected chi connectivity index (χ1v) is 7.37. The van der Waals surface area contributed by atoms with Crippen LogP contribution in [0.15, 0.2) is 36.4 Å². The Bertz CT molecular complexity index is 751. The lowest BCUT2D eigenvalue weighted by molar-refractivity contribution is -0.133. The first-order chi connectivity index (χ1) is 11.5. The van der Waals surface area contributed by atoms with Gasteiger partial charge in [0.05, 0.1) is 14.2 Å². The first-order valence-electron chi connectivity index (χ1n) is 7.37. The number of aryl methyl sites for hydroxylation is 2. The van der Waals surface area contributed by atoms with Crippen LogP contribution in [0.25, 0.3) is 0 Å². The molecule has 0 aliphatic carbocycles. The predicted octanol–water partition coefficient (Wildman–Crippen LogP) is 2.90. The zero-order valence-electron chi connectivity index (χ0n) is 14.1. The van der Waals surface area contributed by atoms with E-state index in [1.807, 2.05) is 32.0 Å². The molecule has 2 rings (SSSR count). The molecule has 0 aliphatic rings. The van der Waals surface area contributed by atoms with E-state index in [1.165, 1.54) is 14.2 Å². The van der Waals surface area contributed by atoms with Crippen LogP contribution in [0.3, 0.4) is 0 Å². The molecule has 0 bridgehead atoms. The fraction of sp³-hybridized carbons (Fsp3) is 0.222. The van der Waals surface area contributed by atoms with E-state index in [2.05, 4.69) is 10.6 Å². The van der Waals surface area contributed by atoms with Crippen LogP contribution in [0.4, 0.5) is 11.4 Å². The lowest BCUT2D eigenvalue weighted by atomic mass is 10.1. The fourth-order valence-corrected chi connectivity index (χ4v) is 2.28. The average molecular weight is 328 g/mol. The maximum atomic E-state index is 12.1. The number of ether oxygens (including phenoxy) is 2. The third kappa shape index (κ3) is 3.84. The number of carbonyl (C=O) groups excluding carboxylic acids is 2. The van der Waals surface area contributed by atoms with Crippen molar-refractivity contribution < 1.29 is 19.1 Å². The molecule has 6 heteroatoms. The molecule has 6 nitrogen and oxygen atoms in total. The van der Waals surface area contributed by atoms with Gasteiger partial charge in [0.15, 0.2) is 11.5 Å². The average Bonchev–Trinajstić information content (AvgIpc) is 2.57. The van der Waals surface area contributed by atoms with Crippen LogP contribution >= 0.6 is 0 Å². The summed E-state index contributed by atoms with van der Waals surface area (Å²) in [5.41, 5.74) is 2.86. The van der Waals surface area contributed by atoms with Crippen molar-refractivity contribution in [2.75, 3.05) is 24.9 Å². The Morgan fingerprint density at radius 1 is 0.833 bits per heavy atom. The van der Waals surface area contributed by atoms with Gasteiger partial charge in [-0.25, -0.2) is 0 Å². The number of carbonyl (C=O) groups is 2. The summed E-state index contributed by atoms with van der Waals surface area (Å²) in [6.45, 7) is 3.74. The van der Waals surface area contributed by atoms with Crippen LogP contribution in [0.1, 0.15) is 11.1 Å². The lowest BCUT2D eigenvalue weighted by Gasteiger charge is -2.12. The van der Waals surface area contributed by atoms with Crippen LogP contribution < -0.4 is 20.1 Å². The van der Waals surface area contributed by atoms with E-state index < -0.39 is 11.8 Å². The lowest BCUT2D eigenvalue weighted by Crippen LogP contribution is -2.29. The summed E-state index contributed by atoms with van der Waals surface area (Å²) in [7, 11) is 3.02. The van der Waals surface area contributed by atoms with Gasteiger partial charge in [-0.2, -0.15) is 0 Å². The second-order valence-corrected chi connectivity index (χ2v) is 5.24. The number of amides is 2. The summed E-state index contributed by atoms with van der Waals surface area (Å²) in [4.78, 5) is 24.2. The molecule has 0 aromatic heterocycles. The summed E-state index contributed by atoms with van der Waals surface area (Å²) in [5, 5.41) is 5.18. The van der Waals surface area contributed by atoms with Gasteiger partial charge in [-0.1, -0.05) is 18.2 Å². The van der Waals surface area contributed by atoms with Gasteiger partial charge in [0.1, 0.15) is 0 Å². The molecule has 0 fully saturated rings. The van der Waals surface area contributed by atoms with E-state index in [1.54, 1.807) is 18.2 Å². The largest absolute Gasteiger partial charge is 0.493 e. The highest BCUT2D eigenvalue weighted by Crippen LogP contribution is 2.29. The molecule has 0 radical (unpaired) electrons. The van der Waals surface area contributed by atoms with Gasteiger partial charge in [-0.3, -0.25) is 9.59 Å². The molecular weight excluding hydrogens is 308 g/mol. The molecule has 2 amide bonds. The van der Waals surface area contributed by atoms with E-state index in [-0.39, 0.29) is 0 Å². The SMILES string of the molecule is COc1ccc(NC(=O)C(=O)Nc2c(C)cccc2C)cc1OC. The minimum atomic E-state index is -0.759. The molecule has 0 atom stereocenters. The number of methoxy groups -OCH3 is 2. The van der Waals surface area contributed by atoms with E-state index >= 15 is 0 Å². The zero-order valence-corrected chi connectivity index (χ0v) is 14.1. The smallest absolute Gasteiger partial charge is 0.314 e. The van der Waals surface area contributed by atoms with Crippen molar-refractivity contribution in [3.63, 3.8) is 0 Å². The normalized spacial score (nSPS) is 10.0. The Morgan fingerprint density at radius 2 is 1.42 bits per heavy atom. The summed E-state index contributed by atoms with van der Waals surface area (Å²) in [6.07, 6.45) is 0. The van der Waals surface area contributed by atoms with Crippen molar-refractivity contribution in [2.45, 2.75) is 13.8 Å². The summed E-state index contributed by atoms with van der Waals surface area (Å²) >= 11 is 0. The summed E-state index contributed by atoms with van der Waals surface area (Å²) in [6, 6.07) is 10.5. The van der Waals surface area contributed by atoms with E-state index in [0.29, 0.717) is 22.9 Å². The third-order valence-corrected chi connectivity index (χ3v) is 3.57. The predicted molar refractivity (Wildman–Crippen MR) is 92.7 cm³/mol. The summed E-state index contributed by atoms with van der Waals surface area (Å²) in [5.74, 6) is -0.493. The minimum absolute atomic E-state index is 0.439. The highest BCUT2D eigenvalue weighted by atomic mass is 16.5. The standard InChI is InChI=1S/C18H20N2O4/c1-11-6-5-7-12(2)16(11)20-18(22)17(21)19-13-8-9-14(23-3)15(10-13)24-4/h5-10H,1-4H3,(H,19,21)(H,20,22). The number of rotatable bonds is 4. The van der Waals surface area contributed by atoms with Gasteiger partial charge < -0.3 is 20.1 Å². The van der Waals surface area contributed by atoms with Crippen molar-refractivity contribution >= 4 is 23.2 Å². The Labute approximate surface area is 140 Å². The molecule has 2 aromatic carbocycles. The maximum absolute atomic E-state index is 12.1. The van der Waals surface area contributed by atoms with Crippen LogP contribution in [0.2, 0.25) is 0 Å². The van der Waals surface area contributed by atoms with Crippen molar-refractivity contribution in [3.8, 4) is 11.5 Å². The fourth-order valence-electron chi connectivity index (χ4n) is 2.28. The van der Waals surface area contributed by atoms with Gasteiger partial charge in [0.2, 0.25) is 0 Å². The van der Waals surface area contributed by atoms with Gasteiger partial charge in [-0.15, -0.1) is 0 Å². The van der Waals surface area contributed by atoms with Crippen molar-refractivity contribution in [2.24, 2.45) is 0 Å². The zero-order chi connectivity index (χ0) is 17.7.